The Bertz CT molecular complexity index is 692. The summed E-state index contributed by atoms with van der Waals surface area (Å²) in [5.74, 6) is -0.0558. The Balaban J connectivity index is 1.58. The Labute approximate surface area is 134 Å². The number of carbonyl (C=O) groups excluding carboxylic acids is 1. The fourth-order valence-corrected chi connectivity index (χ4v) is 2.74. The van der Waals surface area contributed by atoms with Crippen molar-refractivity contribution >= 4 is 11.6 Å². The molecule has 1 amide bonds. The summed E-state index contributed by atoms with van der Waals surface area (Å²) < 4.78 is 3.57. The Morgan fingerprint density at radius 3 is 3.00 bits per heavy atom. The molecule has 124 valence electrons. The van der Waals surface area contributed by atoms with Gasteiger partial charge in [-0.1, -0.05) is 6.92 Å². The second-order valence-corrected chi connectivity index (χ2v) is 5.87. The maximum absolute atomic E-state index is 12.1. The number of aliphatic hydroxyl groups is 1. The van der Waals surface area contributed by atoms with E-state index in [9.17, 15) is 9.90 Å². The highest BCUT2D eigenvalue weighted by Crippen LogP contribution is 2.19. The molecule has 8 heteroatoms. The molecule has 0 radical (unpaired) electrons. The number of nitrogens with zero attached hydrogens (tertiary/aromatic N) is 5. The number of aryl methyl sites for hydroxylation is 1. The molecule has 1 aliphatic heterocycles. The van der Waals surface area contributed by atoms with Gasteiger partial charge in [-0.3, -0.25) is 19.1 Å². The molecule has 2 aromatic heterocycles. The van der Waals surface area contributed by atoms with Crippen LogP contribution in [0, 0.1) is 0 Å². The molecule has 2 N–H and O–H groups in total. The van der Waals surface area contributed by atoms with E-state index in [4.69, 9.17) is 0 Å². The van der Waals surface area contributed by atoms with Gasteiger partial charge in [-0.15, -0.1) is 0 Å². The van der Waals surface area contributed by atoms with Gasteiger partial charge in [-0.2, -0.15) is 10.2 Å². The molecule has 0 fully saturated rings. The van der Waals surface area contributed by atoms with Crippen LogP contribution in [0.2, 0.25) is 0 Å². The maximum atomic E-state index is 12.1. The Kier molecular flexibility index (Phi) is 4.44. The second kappa shape index (κ2) is 6.51. The highest BCUT2D eigenvalue weighted by atomic mass is 16.3. The van der Waals surface area contributed by atoms with E-state index < -0.39 is 6.10 Å². The summed E-state index contributed by atoms with van der Waals surface area (Å²) in [7, 11) is 1.81. The molecule has 0 saturated heterocycles. The quantitative estimate of drug-likeness (QED) is 0.839. The molecule has 1 aliphatic rings. The zero-order valence-electron chi connectivity index (χ0n) is 13.4. The van der Waals surface area contributed by atoms with Crippen molar-refractivity contribution < 1.29 is 9.90 Å². The van der Waals surface area contributed by atoms with Gasteiger partial charge in [0.15, 0.2) is 0 Å². The smallest absolute Gasteiger partial charge is 0.238 e. The van der Waals surface area contributed by atoms with Gasteiger partial charge in [-0.25, -0.2) is 0 Å². The number of amides is 1. The molecule has 0 saturated carbocycles. The van der Waals surface area contributed by atoms with Gasteiger partial charge in [0.05, 0.1) is 42.5 Å². The normalized spacial score (nSPS) is 16.1. The monoisotopic (exact) mass is 318 g/mol. The lowest BCUT2D eigenvalue weighted by Crippen LogP contribution is -2.39. The molecule has 0 spiro atoms. The van der Waals surface area contributed by atoms with Gasteiger partial charge in [0.25, 0.3) is 0 Å². The van der Waals surface area contributed by atoms with Gasteiger partial charge < -0.3 is 10.4 Å². The zero-order valence-corrected chi connectivity index (χ0v) is 13.4. The predicted octanol–water partition coefficient (Wildman–Crippen LogP) is 0.514. The fourth-order valence-electron chi connectivity index (χ4n) is 2.74. The minimum absolute atomic E-state index is 0.0558. The SMILES string of the molecule is CC[C@H](O)c1cc2n(n1)CCN(CC(=O)Nc1cnn(C)c1)C2. The average Bonchev–Trinajstić information content (AvgIpc) is 3.12. The highest BCUT2D eigenvalue weighted by molar-refractivity contribution is 5.91. The van der Waals surface area contributed by atoms with Crippen molar-refractivity contribution in [1.29, 1.82) is 0 Å². The number of fused-ring (bicyclic) bond motifs is 1. The Morgan fingerprint density at radius 1 is 1.48 bits per heavy atom. The van der Waals surface area contributed by atoms with E-state index in [0.29, 0.717) is 30.9 Å². The number of nitrogens with one attached hydrogen (secondary N) is 1. The van der Waals surface area contributed by atoms with E-state index in [1.807, 2.05) is 24.7 Å². The van der Waals surface area contributed by atoms with Crippen LogP contribution in [-0.4, -0.2) is 48.6 Å². The standard InChI is InChI=1S/C15H22N6O2/c1-3-14(22)13-6-12-9-20(4-5-21(12)18-13)10-15(23)17-11-7-16-19(2)8-11/h6-8,14,22H,3-5,9-10H2,1-2H3,(H,17,23)/t14-/m0/s1. The van der Waals surface area contributed by atoms with Crippen molar-refractivity contribution in [2.24, 2.45) is 7.05 Å². The minimum atomic E-state index is -0.518. The van der Waals surface area contributed by atoms with E-state index >= 15 is 0 Å². The van der Waals surface area contributed by atoms with E-state index in [-0.39, 0.29) is 5.91 Å². The van der Waals surface area contributed by atoms with E-state index in [2.05, 4.69) is 20.4 Å². The molecule has 8 nitrogen and oxygen atoms in total. The summed E-state index contributed by atoms with van der Waals surface area (Å²) in [4.78, 5) is 14.2. The summed E-state index contributed by atoms with van der Waals surface area (Å²) in [6, 6.07) is 1.93. The molecule has 3 rings (SSSR count). The molecule has 0 aromatic carbocycles. The first-order valence-corrected chi connectivity index (χ1v) is 7.80. The predicted molar refractivity (Wildman–Crippen MR) is 84.6 cm³/mol. The van der Waals surface area contributed by atoms with Crippen LogP contribution in [0.3, 0.4) is 0 Å². The molecule has 0 bridgehead atoms. The van der Waals surface area contributed by atoms with Crippen LogP contribution in [0.4, 0.5) is 5.69 Å². The first kappa shape index (κ1) is 15.7. The van der Waals surface area contributed by atoms with Crippen LogP contribution in [0.5, 0.6) is 0 Å². The third-order valence-electron chi connectivity index (χ3n) is 3.98. The topological polar surface area (TPSA) is 88.2 Å². The lowest BCUT2D eigenvalue weighted by molar-refractivity contribution is -0.117. The van der Waals surface area contributed by atoms with E-state index in [0.717, 1.165) is 18.8 Å². The summed E-state index contributed by atoms with van der Waals surface area (Å²) in [5, 5.41) is 21.2. The van der Waals surface area contributed by atoms with Crippen molar-refractivity contribution in [2.45, 2.75) is 32.5 Å². The summed E-state index contributed by atoms with van der Waals surface area (Å²) in [5.41, 5.74) is 2.45. The number of carbonyl (C=O) groups is 1. The Morgan fingerprint density at radius 2 is 2.30 bits per heavy atom. The number of hydrogen-bond donors (Lipinski definition) is 2. The summed E-state index contributed by atoms with van der Waals surface area (Å²) >= 11 is 0. The first-order valence-electron chi connectivity index (χ1n) is 7.80. The molecule has 23 heavy (non-hydrogen) atoms. The number of rotatable bonds is 5. The lowest BCUT2D eigenvalue weighted by atomic mass is 10.2. The van der Waals surface area contributed by atoms with Crippen LogP contribution in [0.15, 0.2) is 18.5 Å². The highest BCUT2D eigenvalue weighted by Gasteiger charge is 2.22. The number of anilines is 1. The second-order valence-electron chi connectivity index (χ2n) is 5.87. The number of hydrogen-bond acceptors (Lipinski definition) is 5. The molecule has 0 aliphatic carbocycles. The fraction of sp³-hybridized carbons (Fsp3) is 0.533. The van der Waals surface area contributed by atoms with Gasteiger partial charge in [-0.05, 0) is 12.5 Å². The summed E-state index contributed by atoms with van der Waals surface area (Å²) in [6.45, 7) is 4.40. The van der Waals surface area contributed by atoms with Crippen molar-refractivity contribution in [3.05, 3.63) is 29.8 Å². The van der Waals surface area contributed by atoms with Gasteiger partial charge in [0.2, 0.25) is 5.91 Å². The van der Waals surface area contributed by atoms with Crippen molar-refractivity contribution in [3.8, 4) is 0 Å². The molecule has 0 unspecified atom stereocenters. The number of aromatic nitrogens is 4. The third-order valence-corrected chi connectivity index (χ3v) is 3.98. The zero-order chi connectivity index (χ0) is 16.4. The molecule has 2 aromatic rings. The summed E-state index contributed by atoms with van der Waals surface area (Å²) in [6.07, 6.45) is 3.52. The molecule has 1 atom stereocenters. The van der Waals surface area contributed by atoms with Crippen molar-refractivity contribution in [1.82, 2.24) is 24.5 Å². The minimum Gasteiger partial charge on any atom is -0.387 e. The van der Waals surface area contributed by atoms with Crippen LogP contribution >= 0.6 is 0 Å². The molecular formula is C15H22N6O2. The lowest BCUT2D eigenvalue weighted by Gasteiger charge is -2.26. The van der Waals surface area contributed by atoms with Gasteiger partial charge >= 0.3 is 0 Å². The molecular weight excluding hydrogens is 296 g/mol. The largest absolute Gasteiger partial charge is 0.387 e. The third kappa shape index (κ3) is 3.59. The van der Waals surface area contributed by atoms with Crippen LogP contribution in [-0.2, 0) is 24.9 Å². The van der Waals surface area contributed by atoms with Crippen LogP contribution in [0.1, 0.15) is 30.8 Å². The van der Waals surface area contributed by atoms with Crippen molar-refractivity contribution in [3.63, 3.8) is 0 Å². The maximum Gasteiger partial charge on any atom is 0.238 e. The van der Waals surface area contributed by atoms with Crippen LogP contribution < -0.4 is 5.32 Å². The van der Waals surface area contributed by atoms with E-state index in [1.165, 1.54) is 0 Å². The Hall–Kier alpha value is -2.19. The first-order chi connectivity index (χ1) is 11.0. The van der Waals surface area contributed by atoms with Crippen molar-refractivity contribution in [2.75, 3.05) is 18.4 Å². The van der Waals surface area contributed by atoms with Gasteiger partial charge in [0, 0.05) is 26.3 Å². The number of aliphatic hydroxyl groups excluding tert-OH is 1. The van der Waals surface area contributed by atoms with E-state index in [1.54, 1.807) is 17.1 Å². The van der Waals surface area contributed by atoms with Crippen LogP contribution in [0.25, 0.3) is 0 Å². The van der Waals surface area contributed by atoms with Gasteiger partial charge in [0.1, 0.15) is 0 Å². The molecule has 3 heterocycles. The average molecular weight is 318 g/mol.